The highest BCUT2D eigenvalue weighted by Crippen LogP contribution is 2.26. The molecule has 1 saturated heterocycles. The van der Waals surface area contributed by atoms with Crippen molar-refractivity contribution < 1.29 is 23.1 Å². The third-order valence-electron chi connectivity index (χ3n) is 4.26. The largest absolute Gasteiger partial charge is 0.480 e. The van der Waals surface area contributed by atoms with Crippen molar-refractivity contribution in [1.29, 1.82) is 0 Å². The average molecular weight is 611 g/mol. The summed E-state index contributed by atoms with van der Waals surface area (Å²) in [4.78, 5) is 23.8. The summed E-state index contributed by atoms with van der Waals surface area (Å²) in [7, 11) is -3.94. The van der Waals surface area contributed by atoms with Gasteiger partial charge in [-0.3, -0.25) is 9.59 Å². The van der Waals surface area contributed by atoms with Gasteiger partial charge < -0.3 is 10.4 Å². The van der Waals surface area contributed by atoms with Crippen LogP contribution in [0.1, 0.15) is 10.4 Å². The minimum Gasteiger partial charge on any atom is -0.480 e. The van der Waals surface area contributed by atoms with Crippen molar-refractivity contribution in [2.45, 2.75) is 10.9 Å². The first-order valence-electron chi connectivity index (χ1n) is 8.39. The monoisotopic (exact) mass is 610 g/mol. The van der Waals surface area contributed by atoms with Gasteiger partial charge >= 0.3 is 5.97 Å². The number of hydrogen-bond donors (Lipinski definition) is 2. The molecule has 1 fully saturated rings. The summed E-state index contributed by atoms with van der Waals surface area (Å²) in [6.45, 7) is 0.144. The topological polar surface area (TPSA) is 104 Å². The van der Waals surface area contributed by atoms with Crippen molar-refractivity contribution in [3.05, 3.63) is 56.1 Å². The number of nitrogens with zero attached hydrogens (tertiary/aromatic N) is 1. The van der Waals surface area contributed by atoms with Gasteiger partial charge in [-0.25, -0.2) is 8.42 Å². The molecule has 2 N–H and O–H groups in total. The standard InChI is InChI=1S/C18H16BrIN2O5S2/c19-14-6-1-11(9-15(14)20)17(23)21-12-2-4-13(5-3-12)29(26,27)22-7-8-28-10-16(22)18(24)25/h1-6,9,16H,7-8,10H2,(H,21,23)(H,24,25). The third kappa shape index (κ3) is 5.13. The second kappa shape index (κ2) is 9.33. The number of amides is 1. The van der Waals surface area contributed by atoms with E-state index in [0.29, 0.717) is 17.0 Å². The molecule has 1 aliphatic heterocycles. The minimum atomic E-state index is -3.94. The summed E-state index contributed by atoms with van der Waals surface area (Å²) in [5, 5.41) is 12.1. The lowest BCUT2D eigenvalue weighted by atomic mass is 10.2. The third-order valence-corrected chi connectivity index (χ3v) is 9.54. The molecule has 29 heavy (non-hydrogen) atoms. The van der Waals surface area contributed by atoms with Crippen LogP contribution in [0.4, 0.5) is 5.69 Å². The van der Waals surface area contributed by atoms with Crippen LogP contribution in [0, 0.1) is 3.57 Å². The molecule has 11 heteroatoms. The Bertz CT molecular complexity index is 1050. The summed E-state index contributed by atoms with van der Waals surface area (Å²) < 4.78 is 28.6. The number of nitrogens with one attached hydrogen (secondary N) is 1. The molecule has 0 bridgehead atoms. The van der Waals surface area contributed by atoms with Gasteiger partial charge in [0.25, 0.3) is 5.91 Å². The number of benzene rings is 2. The number of sulfonamides is 1. The summed E-state index contributed by atoms with van der Waals surface area (Å²) in [6, 6.07) is 9.83. The maximum Gasteiger partial charge on any atom is 0.322 e. The molecule has 154 valence electrons. The summed E-state index contributed by atoms with van der Waals surface area (Å²) in [6.07, 6.45) is 0. The van der Waals surface area contributed by atoms with Crippen LogP contribution in [0.15, 0.2) is 51.8 Å². The van der Waals surface area contributed by atoms with Crippen LogP contribution >= 0.6 is 50.3 Å². The molecule has 1 amide bonds. The number of carboxylic acid groups (broad SMARTS) is 1. The molecule has 0 saturated carbocycles. The number of carbonyl (C=O) groups excluding carboxylic acids is 1. The average Bonchev–Trinajstić information content (AvgIpc) is 2.70. The first-order valence-corrected chi connectivity index (χ1v) is 12.9. The van der Waals surface area contributed by atoms with E-state index in [1.807, 2.05) is 0 Å². The molecule has 0 aromatic heterocycles. The van der Waals surface area contributed by atoms with E-state index in [0.717, 1.165) is 12.3 Å². The van der Waals surface area contributed by atoms with Crippen LogP contribution in [0.3, 0.4) is 0 Å². The Labute approximate surface area is 194 Å². The van der Waals surface area contributed by atoms with Crippen molar-refractivity contribution in [2.24, 2.45) is 0 Å². The molecule has 7 nitrogen and oxygen atoms in total. The van der Waals surface area contributed by atoms with Crippen LogP contribution in [0.2, 0.25) is 0 Å². The van der Waals surface area contributed by atoms with E-state index in [1.165, 1.54) is 36.0 Å². The lowest BCUT2D eigenvalue weighted by Gasteiger charge is -2.31. The highest BCUT2D eigenvalue weighted by molar-refractivity contribution is 14.1. The Morgan fingerprint density at radius 1 is 1.21 bits per heavy atom. The van der Waals surface area contributed by atoms with Crippen LogP contribution in [0.5, 0.6) is 0 Å². The summed E-state index contributed by atoms with van der Waals surface area (Å²) >= 11 is 6.91. The Hall–Kier alpha value is -1.15. The van der Waals surface area contributed by atoms with Gasteiger partial charge in [0.15, 0.2) is 0 Å². The molecule has 2 aromatic carbocycles. The van der Waals surface area contributed by atoms with Gasteiger partial charge in [0.05, 0.1) is 4.90 Å². The number of halogens is 2. The predicted octanol–water partition coefficient (Wildman–Crippen LogP) is 3.50. The second-order valence-electron chi connectivity index (χ2n) is 6.15. The SMILES string of the molecule is O=C(Nc1ccc(S(=O)(=O)N2CCSCC2C(=O)O)cc1)c1ccc(Br)c(I)c1. The van der Waals surface area contributed by atoms with Gasteiger partial charge in [0, 0.05) is 37.3 Å². The zero-order valence-corrected chi connectivity index (χ0v) is 20.2. The van der Waals surface area contributed by atoms with Crippen molar-refractivity contribution in [2.75, 3.05) is 23.4 Å². The van der Waals surface area contributed by atoms with Crippen LogP contribution in [-0.2, 0) is 14.8 Å². The van der Waals surface area contributed by atoms with Crippen molar-refractivity contribution in [1.82, 2.24) is 4.31 Å². The van der Waals surface area contributed by atoms with Gasteiger partial charge in [0.2, 0.25) is 10.0 Å². The zero-order chi connectivity index (χ0) is 21.2. The molecule has 0 aliphatic carbocycles. The van der Waals surface area contributed by atoms with E-state index < -0.39 is 22.0 Å². The number of carboxylic acids is 1. The maximum atomic E-state index is 12.9. The van der Waals surface area contributed by atoms with E-state index in [9.17, 15) is 23.1 Å². The first kappa shape index (κ1) is 22.5. The van der Waals surface area contributed by atoms with E-state index in [-0.39, 0.29) is 23.1 Å². The van der Waals surface area contributed by atoms with Gasteiger partial charge in [-0.15, -0.1) is 0 Å². The smallest absolute Gasteiger partial charge is 0.322 e. The molecular weight excluding hydrogens is 595 g/mol. The highest BCUT2D eigenvalue weighted by atomic mass is 127. The fourth-order valence-electron chi connectivity index (χ4n) is 2.76. The molecule has 0 radical (unpaired) electrons. The van der Waals surface area contributed by atoms with Gasteiger partial charge in [-0.2, -0.15) is 16.1 Å². The maximum absolute atomic E-state index is 12.9. The molecule has 0 spiro atoms. The quantitative estimate of drug-likeness (QED) is 0.503. The Balaban J connectivity index is 1.77. The van der Waals surface area contributed by atoms with Crippen molar-refractivity contribution >= 4 is 77.9 Å². The lowest BCUT2D eigenvalue weighted by molar-refractivity contribution is -0.140. The van der Waals surface area contributed by atoms with Gasteiger partial charge in [0.1, 0.15) is 6.04 Å². The van der Waals surface area contributed by atoms with Crippen molar-refractivity contribution in [3.8, 4) is 0 Å². The van der Waals surface area contributed by atoms with E-state index in [2.05, 4.69) is 43.8 Å². The van der Waals surface area contributed by atoms with Gasteiger partial charge in [-0.1, -0.05) is 0 Å². The molecule has 1 unspecified atom stereocenters. The molecule has 1 aliphatic rings. The fourth-order valence-corrected chi connectivity index (χ4v) is 6.35. The predicted molar refractivity (Wildman–Crippen MR) is 124 cm³/mol. The number of aliphatic carboxylic acids is 1. The first-order chi connectivity index (χ1) is 13.7. The molecule has 2 aromatic rings. The number of thioether (sulfide) groups is 1. The number of anilines is 1. The molecule has 3 rings (SSSR count). The number of hydrogen-bond acceptors (Lipinski definition) is 5. The van der Waals surface area contributed by atoms with Gasteiger partial charge in [-0.05, 0) is 81.0 Å². The summed E-state index contributed by atoms with van der Waals surface area (Å²) in [5.74, 6) is -0.712. The summed E-state index contributed by atoms with van der Waals surface area (Å²) in [5.41, 5.74) is 0.917. The molecular formula is C18H16BrIN2O5S2. The Kier molecular flexibility index (Phi) is 7.25. The Morgan fingerprint density at radius 2 is 1.90 bits per heavy atom. The number of rotatable bonds is 5. The molecule has 1 atom stereocenters. The fraction of sp³-hybridized carbons (Fsp3) is 0.222. The Morgan fingerprint density at radius 3 is 2.52 bits per heavy atom. The van der Waals surface area contributed by atoms with Crippen LogP contribution in [0.25, 0.3) is 0 Å². The molecule has 1 heterocycles. The second-order valence-corrected chi connectivity index (χ2v) is 11.2. The number of carbonyl (C=O) groups is 2. The highest BCUT2D eigenvalue weighted by Gasteiger charge is 2.37. The van der Waals surface area contributed by atoms with E-state index in [4.69, 9.17) is 0 Å². The van der Waals surface area contributed by atoms with Crippen LogP contribution < -0.4 is 5.32 Å². The van der Waals surface area contributed by atoms with E-state index in [1.54, 1.807) is 18.2 Å². The normalized spacial score (nSPS) is 17.7. The van der Waals surface area contributed by atoms with E-state index >= 15 is 0 Å². The zero-order valence-electron chi connectivity index (χ0n) is 14.8. The van der Waals surface area contributed by atoms with Crippen molar-refractivity contribution in [3.63, 3.8) is 0 Å². The van der Waals surface area contributed by atoms with Crippen LogP contribution in [-0.4, -0.2) is 53.8 Å². The minimum absolute atomic E-state index is 0.00756. The lowest BCUT2D eigenvalue weighted by Crippen LogP contribution is -2.50.